The van der Waals surface area contributed by atoms with Gasteiger partial charge in [-0.3, -0.25) is 0 Å². The van der Waals surface area contributed by atoms with Crippen LogP contribution in [0.15, 0.2) is 12.1 Å². The second kappa shape index (κ2) is 9.52. The van der Waals surface area contributed by atoms with Crippen molar-refractivity contribution in [1.29, 1.82) is 0 Å². The van der Waals surface area contributed by atoms with Crippen molar-refractivity contribution in [2.75, 3.05) is 19.7 Å². The Morgan fingerprint density at radius 1 is 1.20 bits per heavy atom. The summed E-state index contributed by atoms with van der Waals surface area (Å²) in [5.41, 5.74) is -1.56. The molecule has 1 aliphatic rings. The van der Waals surface area contributed by atoms with Crippen LogP contribution in [-0.2, 0) is 14.4 Å². The quantitative estimate of drug-likeness (QED) is 0.594. The number of carbonyl (C=O) groups excluding carboxylic acids is 2. The first-order chi connectivity index (χ1) is 13.8. The first kappa shape index (κ1) is 24.4. The lowest BCUT2D eigenvalue weighted by molar-refractivity contribution is -0.208. The van der Waals surface area contributed by atoms with Gasteiger partial charge >= 0.3 is 11.9 Å². The van der Waals surface area contributed by atoms with Crippen molar-refractivity contribution < 1.29 is 28.3 Å². The summed E-state index contributed by atoms with van der Waals surface area (Å²) in [7, 11) is 0. The molecule has 0 saturated carbocycles. The van der Waals surface area contributed by atoms with Gasteiger partial charge in [-0.1, -0.05) is 11.6 Å². The van der Waals surface area contributed by atoms with E-state index in [1.807, 2.05) is 0 Å². The van der Waals surface area contributed by atoms with Crippen LogP contribution >= 0.6 is 11.6 Å². The van der Waals surface area contributed by atoms with Crippen molar-refractivity contribution >= 4 is 23.5 Å². The Kier molecular flexibility index (Phi) is 7.74. The Bertz CT molecular complexity index is 785. The summed E-state index contributed by atoms with van der Waals surface area (Å²) in [4.78, 5) is 29.7. The lowest BCUT2D eigenvalue weighted by atomic mass is 9.97. The highest BCUT2D eigenvalue weighted by Gasteiger charge is 2.29. The highest BCUT2D eigenvalue weighted by atomic mass is 35.5. The van der Waals surface area contributed by atoms with Crippen LogP contribution in [0.1, 0.15) is 64.7 Å². The largest absolute Gasteiger partial charge is 0.492 e. The minimum Gasteiger partial charge on any atom is -0.492 e. The number of esters is 1. The molecular formula is C22H31ClFNO5. The lowest BCUT2D eigenvalue weighted by Crippen LogP contribution is -2.41. The van der Waals surface area contributed by atoms with Gasteiger partial charge in [0.05, 0.1) is 22.6 Å². The monoisotopic (exact) mass is 443 g/mol. The molecule has 8 heteroatoms. The Morgan fingerprint density at radius 3 is 2.47 bits per heavy atom. The minimum atomic E-state index is -0.781. The van der Waals surface area contributed by atoms with Crippen LogP contribution in [0, 0.1) is 17.2 Å². The molecule has 1 aliphatic heterocycles. The van der Waals surface area contributed by atoms with Crippen molar-refractivity contribution in [3.8, 4) is 5.75 Å². The van der Waals surface area contributed by atoms with Crippen molar-refractivity contribution in [2.45, 2.75) is 60.0 Å². The van der Waals surface area contributed by atoms with E-state index in [4.69, 9.17) is 25.9 Å². The average Bonchev–Trinajstić information content (AvgIpc) is 2.60. The predicted molar refractivity (Wildman–Crippen MR) is 112 cm³/mol. The molecule has 0 aliphatic carbocycles. The van der Waals surface area contributed by atoms with E-state index < -0.39 is 22.8 Å². The fourth-order valence-electron chi connectivity index (χ4n) is 2.84. The van der Waals surface area contributed by atoms with Crippen LogP contribution in [-0.4, -0.2) is 42.3 Å². The molecule has 168 valence electrons. The van der Waals surface area contributed by atoms with E-state index in [-0.39, 0.29) is 34.8 Å². The number of halogens is 2. The normalized spacial score (nSPS) is 18.1. The van der Waals surface area contributed by atoms with E-state index >= 15 is 0 Å². The van der Waals surface area contributed by atoms with Gasteiger partial charge in [0.25, 0.3) is 0 Å². The van der Waals surface area contributed by atoms with Crippen LogP contribution < -0.4 is 4.74 Å². The standard InChI is InChI=1S/C22H31ClFNO5/c1-21(2,3)20(27)30-25-9-7-8-14(12-25)13-28-18-11-17(24)15(10-16(18)23)19(26)29-22(4,5)6/h10-11,14H,7-9,12-13H2,1-6H3/t14-/m0/s1. The fraction of sp³-hybridized carbons (Fsp3) is 0.636. The van der Waals surface area contributed by atoms with E-state index in [1.54, 1.807) is 46.6 Å². The Balaban J connectivity index is 1.98. The maximum atomic E-state index is 14.4. The van der Waals surface area contributed by atoms with Crippen LogP contribution in [0.4, 0.5) is 4.39 Å². The number of rotatable bonds is 5. The third-order valence-electron chi connectivity index (χ3n) is 4.42. The summed E-state index contributed by atoms with van der Waals surface area (Å²) in [5, 5.41) is 1.78. The van der Waals surface area contributed by atoms with Gasteiger partial charge in [0, 0.05) is 25.1 Å². The fourth-order valence-corrected chi connectivity index (χ4v) is 3.05. The molecule has 0 unspecified atom stereocenters. The average molecular weight is 444 g/mol. The smallest absolute Gasteiger partial charge is 0.341 e. The number of hydrogen-bond donors (Lipinski definition) is 0. The molecule has 30 heavy (non-hydrogen) atoms. The maximum absolute atomic E-state index is 14.4. The summed E-state index contributed by atoms with van der Waals surface area (Å²) >= 11 is 6.20. The van der Waals surface area contributed by atoms with Crippen molar-refractivity contribution in [3.63, 3.8) is 0 Å². The SMILES string of the molecule is CC(C)(C)OC(=O)c1cc(Cl)c(OC[C@H]2CCCN(OC(=O)C(C)(C)C)C2)cc1F. The molecule has 0 N–H and O–H groups in total. The molecule has 0 aromatic heterocycles. The van der Waals surface area contributed by atoms with Crippen LogP contribution in [0.5, 0.6) is 5.75 Å². The maximum Gasteiger partial charge on any atom is 0.341 e. The van der Waals surface area contributed by atoms with Gasteiger partial charge < -0.3 is 14.3 Å². The number of hydroxylamine groups is 2. The third kappa shape index (κ3) is 7.13. The molecule has 6 nitrogen and oxygen atoms in total. The summed E-state index contributed by atoms with van der Waals surface area (Å²) in [6.07, 6.45) is 1.74. The first-order valence-electron chi connectivity index (χ1n) is 10.1. The Hall–Kier alpha value is -1.86. The van der Waals surface area contributed by atoms with Crippen molar-refractivity contribution in [3.05, 3.63) is 28.5 Å². The van der Waals surface area contributed by atoms with Gasteiger partial charge in [0.2, 0.25) is 0 Å². The Morgan fingerprint density at radius 2 is 1.87 bits per heavy atom. The first-order valence-corrected chi connectivity index (χ1v) is 10.5. The number of ether oxygens (including phenoxy) is 2. The van der Waals surface area contributed by atoms with Gasteiger partial charge in [-0.15, -0.1) is 5.06 Å². The number of nitrogens with zero attached hydrogens (tertiary/aromatic N) is 1. The molecule has 0 amide bonds. The number of piperidine rings is 1. The number of hydrogen-bond acceptors (Lipinski definition) is 6. The van der Waals surface area contributed by atoms with Crippen molar-refractivity contribution in [1.82, 2.24) is 5.06 Å². The predicted octanol–water partition coefficient (Wildman–Crippen LogP) is 5.03. The zero-order chi connectivity index (χ0) is 22.7. The Labute approximate surface area is 182 Å². The van der Waals surface area contributed by atoms with Crippen LogP contribution in [0.2, 0.25) is 5.02 Å². The molecule has 1 atom stereocenters. The molecule has 1 heterocycles. The van der Waals surface area contributed by atoms with Gasteiger partial charge in [-0.25, -0.2) is 14.0 Å². The zero-order valence-corrected chi connectivity index (χ0v) is 19.3. The molecule has 1 saturated heterocycles. The number of carbonyl (C=O) groups is 2. The topological polar surface area (TPSA) is 65.1 Å². The molecule has 2 rings (SSSR count). The third-order valence-corrected chi connectivity index (χ3v) is 4.72. The molecule has 1 aromatic carbocycles. The van der Waals surface area contributed by atoms with E-state index in [0.717, 1.165) is 18.9 Å². The highest BCUT2D eigenvalue weighted by molar-refractivity contribution is 6.32. The van der Waals surface area contributed by atoms with Crippen LogP contribution in [0.3, 0.4) is 0 Å². The second-order valence-corrected chi connectivity index (χ2v) is 10.0. The highest BCUT2D eigenvalue weighted by Crippen LogP contribution is 2.30. The zero-order valence-electron chi connectivity index (χ0n) is 18.5. The molecule has 1 fully saturated rings. The molecule has 0 spiro atoms. The second-order valence-electron chi connectivity index (χ2n) is 9.60. The van der Waals surface area contributed by atoms with E-state index in [0.29, 0.717) is 13.1 Å². The van der Waals surface area contributed by atoms with Gasteiger partial charge in [-0.05, 0) is 60.5 Å². The van der Waals surface area contributed by atoms with Gasteiger partial charge in [0.15, 0.2) is 0 Å². The number of benzene rings is 1. The molecular weight excluding hydrogens is 413 g/mol. The van der Waals surface area contributed by atoms with E-state index in [2.05, 4.69) is 0 Å². The molecule has 1 aromatic rings. The van der Waals surface area contributed by atoms with Crippen molar-refractivity contribution in [2.24, 2.45) is 11.3 Å². The van der Waals surface area contributed by atoms with E-state index in [1.165, 1.54) is 6.07 Å². The van der Waals surface area contributed by atoms with E-state index in [9.17, 15) is 14.0 Å². The van der Waals surface area contributed by atoms with Gasteiger partial charge in [0.1, 0.15) is 17.2 Å². The lowest BCUT2D eigenvalue weighted by Gasteiger charge is -2.32. The van der Waals surface area contributed by atoms with Crippen LogP contribution in [0.25, 0.3) is 0 Å². The summed E-state index contributed by atoms with van der Waals surface area (Å²) < 4.78 is 25.4. The summed E-state index contributed by atoms with van der Waals surface area (Å²) in [6, 6.07) is 2.32. The molecule has 0 radical (unpaired) electrons. The summed E-state index contributed by atoms with van der Waals surface area (Å²) in [5.74, 6) is -1.57. The summed E-state index contributed by atoms with van der Waals surface area (Å²) in [6.45, 7) is 12.0. The minimum absolute atomic E-state index is 0.0937. The van der Waals surface area contributed by atoms with Gasteiger partial charge in [-0.2, -0.15) is 0 Å². The molecule has 0 bridgehead atoms.